The van der Waals surface area contributed by atoms with E-state index in [1.165, 1.54) is 0 Å². The highest BCUT2D eigenvalue weighted by molar-refractivity contribution is 9.10. The van der Waals surface area contributed by atoms with Crippen LogP contribution in [0.3, 0.4) is 0 Å². The van der Waals surface area contributed by atoms with E-state index in [4.69, 9.17) is 4.74 Å². The molecule has 2 aromatic carbocycles. The van der Waals surface area contributed by atoms with Crippen molar-refractivity contribution in [2.75, 3.05) is 11.9 Å². The number of nitrogens with one attached hydrogen (secondary N) is 1. The number of aromatic carboxylic acids is 1. The van der Waals surface area contributed by atoms with Crippen LogP contribution in [-0.2, 0) is 6.54 Å². The second-order valence-electron chi connectivity index (χ2n) is 5.24. The van der Waals surface area contributed by atoms with Gasteiger partial charge in [0, 0.05) is 22.3 Å². The summed E-state index contributed by atoms with van der Waals surface area (Å²) in [6, 6.07) is 11.1. The van der Waals surface area contributed by atoms with Gasteiger partial charge >= 0.3 is 5.97 Å². The minimum absolute atomic E-state index is 0.312. The lowest BCUT2D eigenvalue weighted by Crippen LogP contribution is -2.07. The van der Waals surface area contributed by atoms with E-state index in [0.29, 0.717) is 18.7 Å². The molecule has 0 fully saturated rings. The van der Waals surface area contributed by atoms with Crippen LogP contribution in [-0.4, -0.2) is 17.7 Å². The van der Waals surface area contributed by atoms with Gasteiger partial charge in [0.05, 0.1) is 12.2 Å². The average Bonchev–Trinajstić information content (AvgIpc) is 2.52. The zero-order valence-corrected chi connectivity index (χ0v) is 14.8. The van der Waals surface area contributed by atoms with Gasteiger partial charge in [-0.2, -0.15) is 0 Å². The third-order valence-electron chi connectivity index (χ3n) is 3.52. The zero-order valence-electron chi connectivity index (χ0n) is 13.2. The normalized spacial score (nSPS) is 10.4. The van der Waals surface area contributed by atoms with Crippen molar-refractivity contribution < 1.29 is 14.6 Å². The fraction of sp³-hybridized carbons (Fsp3) is 0.278. The Bertz CT molecular complexity index is 701. The van der Waals surface area contributed by atoms with Crippen molar-refractivity contribution in [1.29, 1.82) is 0 Å². The highest BCUT2D eigenvalue weighted by Gasteiger charge is 2.11. The standard InChI is InChI=1S/C18H20BrNO3/c1-3-9-23-17-8-7-14(19)10-13(17)11-20-16-6-4-5-15(12(16)2)18(21)22/h4-8,10,20H,3,9,11H2,1-2H3,(H,21,22). The van der Waals surface area contributed by atoms with E-state index in [2.05, 4.69) is 28.2 Å². The maximum Gasteiger partial charge on any atom is 0.336 e. The molecule has 2 rings (SSSR count). The summed E-state index contributed by atoms with van der Waals surface area (Å²) in [6.45, 7) is 5.10. The number of carboxylic acid groups (broad SMARTS) is 1. The molecular weight excluding hydrogens is 358 g/mol. The lowest BCUT2D eigenvalue weighted by Gasteiger charge is -2.15. The number of benzene rings is 2. The van der Waals surface area contributed by atoms with Gasteiger partial charge in [-0.25, -0.2) is 4.79 Å². The monoisotopic (exact) mass is 377 g/mol. The van der Waals surface area contributed by atoms with E-state index in [1.54, 1.807) is 19.1 Å². The Morgan fingerprint density at radius 2 is 2.09 bits per heavy atom. The Morgan fingerprint density at radius 1 is 1.30 bits per heavy atom. The molecule has 0 bridgehead atoms. The van der Waals surface area contributed by atoms with E-state index >= 15 is 0 Å². The summed E-state index contributed by atoms with van der Waals surface area (Å²) in [5.41, 5.74) is 2.87. The van der Waals surface area contributed by atoms with Crippen molar-refractivity contribution in [3.63, 3.8) is 0 Å². The molecule has 0 saturated heterocycles. The molecule has 0 atom stereocenters. The molecule has 0 spiro atoms. The maximum atomic E-state index is 11.2. The van der Waals surface area contributed by atoms with Crippen LogP contribution in [0.1, 0.15) is 34.8 Å². The van der Waals surface area contributed by atoms with Crippen LogP contribution in [0.25, 0.3) is 0 Å². The number of rotatable bonds is 7. The molecule has 0 aromatic heterocycles. The van der Waals surface area contributed by atoms with Crippen LogP contribution >= 0.6 is 15.9 Å². The molecule has 23 heavy (non-hydrogen) atoms. The highest BCUT2D eigenvalue weighted by Crippen LogP contribution is 2.26. The van der Waals surface area contributed by atoms with Crippen LogP contribution < -0.4 is 10.1 Å². The number of carboxylic acids is 1. The van der Waals surface area contributed by atoms with Crippen LogP contribution in [0.15, 0.2) is 40.9 Å². The molecule has 0 unspecified atom stereocenters. The molecule has 0 aliphatic rings. The minimum atomic E-state index is -0.916. The van der Waals surface area contributed by atoms with E-state index in [1.807, 2.05) is 24.3 Å². The Hall–Kier alpha value is -2.01. The molecule has 0 aliphatic carbocycles. The first-order chi connectivity index (χ1) is 11.0. The van der Waals surface area contributed by atoms with Gasteiger partial charge in [-0.3, -0.25) is 0 Å². The molecule has 4 nitrogen and oxygen atoms in total. The fourth-order valence-electron chi connectivity index (χ4n) is 2.29. The average molecular weight is 378 g/mol. The second kappa shape index (κ2) is 8.02. The first-order valence-electron chi connectivity index (χ1n) is 7.51. The van der Waals surface area contributed by atoms with E-state index in [0.717, 1.165) is 33.5 Å². The smallest absolute Gasteiger partial charge is 0.336 e. The van der Waals surface area contributed by atoms with Gasteiger partial charge in [-0.05, 0) is 49.2 Å². The molecule has 0 saturated carbocycles. The Labute approximate surface area is 144 Å². The summed E-state index contributed by atoms with van der Waals surface area (Å²) >= 11 is 3.47. The van der Waals surface area contributed by atoms with Gasteiger partial charge in [0.1, 0.15) is 5.75 Å². The van der Waals surface area contributed by atoms with Gasteiger partial charge in [0.15, 0.2) is 0 Å². The predicted molar refractivity (Wildman–Crippen MR) is 95.4 cm³/mol. The topological polar surface area (TPSA) is 58.6 Å². The highest BCUT2D eigenvalue weighted by atomic mass is 79.9. The molecule has 0 aliphatic heterocycles. The molecule has 0 amide bonds. The van der Waals surface area contributed by atoms with Crippen LogP contribution in [0.5, 0.6) is 5.75 Å². The second-order valence-corrected chi connectivity index (χ2v) is 6.15. The first-order valence-corrected chi connectivity index (χ1v) is 8.30. The molecule has 5 heteroatoms. The van der Waals surface area contributed by atoms with Crippen molar-refractivity contribution in [3.05, 3.63) is 57.6 Å². The van der Waals surface area contributed by atoms with E-state index in [9.17, 15) is 9.90 Å². The van der Waals surface area contributed by atoms with Gasteiger partial charge < -0.3 is 15.2 Å². The lowest BCUT2D eigenvalue weighted by atomic mass is 10.1. The number of hydrogen-bond donors (Lipinski definition) is 2. The Kier molecular flexibility index (Phi) is 6.04. The molecule has 2 aromatic rings. The minimum Gasteiger partial charge on any atom is -0.493 e. The molecule has 122 valence electrons. The summed E-state index contributed by atoms with van der Waals surface area (Å²) in [4.78, 5) is 11.2. The van der Waals surface area contributed by atoms with Crippen LogP contribution in [0, 0.1) is 6.92 Å². The summed E-state index contributed by atoms with van der Waals surface area (Å²) < 4.78 is 6.75. The van der Waals surface area contributed by atoms with Gasteiger partial charge in [-0.15, -0.1) is 0 Å². The first kappa shape index (κ1) is 17.3. The van der Waals surface area contributed by atoms with Crippen molar-refractivity contribution in [2.45, 2.75) is 26.8 Å². The van der Waals surface area contributed by atoms with Crippen LogP contribution in [0.4, 0.5) is 5.69 Å². The number of anilines is 1. The van der Waals surface area contributed by atoms with Crippen LogP contribution in [0.2, 0.25) is 0 Å². The lowest BCUT2D eigenvalue weighted by molar-refractivity contribution is 0.0696. The van der Waals surface area contributed by atoms with Gasteiger partial charge in [0.25, 0.3) is 0 Å². The van der Waals surface area contributed by atoms with E-state index in [-0.39, 0.29) is 0 Å². The molecule has 0 heterocycles. The Morgan fingerprint density at radius 3 is 2.78 bits per heavy atom. The number of carbonyl (C=O) groups is 1. The van der Waals surface area contributed by atoms with Gasteiger partial charge in [-0.1, -0.05) is 28.9 Å². The predicted octanol–water partition coefficient (Wildman–Crippen LogP) is 4.86. The summed E-state index contributed by atoms with van der Waals surface area (Å²) in [5.74, 6) is -0.0739. The number of halogens is 1. The number of hydrogen-bond acceptors (Lipinski definition) is 3. The van der Waals surface area contributed by atoms with Gasteiger partial charge in [0.2, 0.25) is 0 Å². The van der Waals surface area contributed by atoms with Crippen molar-refractivity contribution in [3.8, 4) is 5.75 Å². The summed E-state index contributed by atoms with van der Waals surface area (Å²) in [5, 5.41) is 12.5. The summed E-state index contributed by atoms with van der Waals surface area (Å²) in [6.07, 6.45) is 0.947. The summed E-state index contributed by atoms with van der Waals surface area (Å²) in [7, 11) is 0. The quantitative estimate of drug-likeness (QED) is 0.723. The largest absolute Gasteiger partial charge is 0.493 e. The number of ether oxygens (including phenoxy) is 1. The molecule has 0 radical (unpaired) electrons. The third-order valence-corrected chi connectivity index (χ3v) is 4.01. The molecular formula is C18H20BrNO3. The maximum absolute atomic E-state index is 11.2. The van der Waals surface area contributed by atoms with Crippen molar-refractivity contribution in [2.24, 2.45) is 0 Å². The molecule has 2 N–H and O–H groups in total. The Balaban J connectivity index is 2.19. The SMILES string of the molecule is CCCOc1ccc(Br)cc1CNc1cccc(C(=O)O)c1C. The third kappa shape index (κ3) is 4.48. The fourth-order valence-corrected chi connectivity index (χ4v) is 2.70. The van der Waals surface area contributed by atoms with E-state index < -0.39 is 5.97 Å². The zero-order chi connectivity index (χ0) is 16.8. The van der Waals surface area contributed by atoms with Crippen molar-refractivity contribution in [1.82, 2.24) is 0 Å². The van der Waals surface area contributed by atoms with Crippen molar-refractivity contribution >= 4 is 27.6 Å².